The van der Waals surface area contributed by atoms with Crippen LogP contribution in [0.1, 0.15) is 21.2 Å². The summed E-state index contributed by atoms with van der Waals surface area (Å²) in [5.41, 5.74) is 0.976. The summed E-state index contributed by atoms with van der Waals surface area (Å²) in [5, 5.41) is 13.3. The minimum Gasteiger partial charge on any atom is -0.475 e. The third-order valence-electron chi connectivity index (χ3n) is 4.00. The predicted molar refractivity (Wildman–Crippen MR) is 96.3 cm³/mol. The fourth-order valence-corrected chi connectivity index (χ4v) is 3.37. The number of halogens is 3. The average molecular weight is 427 g/mol. The summed E-state index contributed by atoms with van der Waals surface area (Å²) in [6, 6.07) is 5.68. The zero-order valence-electron chi connectivity index (χ0n) is 14.9. The number of nitrogens with zero attached hydrogens (tertiary/aromatic N) is 5. The van der Waals surface area contributed by atoms with Crippen LogP contribution in [0.5, 0.6) is 0 Å². The number of hydrogen-bond donors (Lipinski definition) is 1. The molecule has 1 aliphatic heterocycles. The van der Waals surface area contributed by atoms with Gasteiger partial charge in [-0.15, -0.1) is 11.3 Å². The molecular formula is C17H16F3N5O3S. The van der Waals surface area contributed by atoms with Gasteiger partial charge in [-0.2, -0.15) is 18.3 Å². The van der Waals surface area contributed by atoms with Gasteiger partial charge in [-0.25, -0.2) is 9.78 Å². The third kappa shape index (κ3) is 5.22. The molecule has 8 nitrogen and oxygen atoms in total. The number of carboxylic acid groups (broad SMARTS) is 1. The van der Waals surface area contributed by atoms with E-state index in [2.05, 4.69) is 20.8 Å². The smallest absolute Gasteiger partial charge is 0.475 e. The highest BCUT2D eigenvalue weighted by Gasteiger charge is 2.38. The Morgan fingerprint density at radius 1 is 1.24 bits per heavy atom. The molecule has 1 N–H and O–H groups in total. The Hall–Kier alpha value is -3.15. The molecule has 29 heavy (non-hydrogen) atoms. The molecule has 0 saturated carbocycles. The molecule has 0 bridgehead atoms. The number of rotatable bonds is 3. The summed E-state index contributed by atoms with van der Waals surface area (Å²) in [4.78, 5) is 28.6. The number of carbonyl (C=O) groups excluding carboxylic acids is 1. The van der Waals surface area contributed by atoms with E-state index in [1.165, 1.54) is 11.3 Å². The van der Waals surface area contributed by atoms with Crippen LogP contribution in [-0.4, -0.2) is 53.9 Å². The van der Waals surface area contributed by atoms with Gasteiger partial charge in [0.2, 0.25) is 0 Å². The van der Waals surface area contributed by atoms with E-state index in [4.69, 9.17) is 9.90 Å². The highest BCUT2D eigenvalue weighted by atomic mass is 32.1. The molecule has 0 aliphatic carbocycles. The van der Waals surface area contributed by atoms with E-state index in [0.717, 1.165) is 29.5 Å². The number of thiophene rings is 1. The van der Waals surface area contributed by atoms with Crippen molar-refractivity contribution in [1.29, 1.82) is 0 Å². The van der Waals surface area contributed by atoms with E-state index in [1.54, 1.807) is 6.20 Å². The topological polar surface area (TPSA) is 93.2 Å². The van der Waals surface area contributed by atoms with E-state index in [0.29, 0.717) is 13.1 Å². The molecule has 1 aliphatic rings. The standard InChI is InChI=1S/C15H15N5OS.C2HF3O2/c21-15(13-3-1-8-22-13)19-7-6-18-9-12(17-14(18)11-19)10-20-5-2-4-16-20;3-2(4,5)1(6)7/h1-5,8-9H,6-7,10-11H2;(H,6,7). The van der Waals surface area contributed by atoms with Gasteiger partial charge in [-0.05, 0) is 17.5 Å². The van der Waals surface area contributed by atoms with Crippen LogP contribution < -0.4 is 0 Å². The second-order valence-electron chi connectivity index (χ2n) is 6.05. The SMILES string of the molecule is O=C(O)C(F)(F)F.O=C(c1cccs1)N1CCn2cc(Cn3cccn3)nc2C1. The monoisotopic (exact) mass is 427 g/mol. The van der Waals surface area contributed by atoms with Gasteiger partial charge in [0.25, 0.3) is 5.91 Å². The molecule has 0 atom stereocenters. The van der Waals surface area contributed by atoms with Crippen molar-refractivity contribution < 1.29 is 27.9 Å². The zero-order chi connectivity index (χ0) is 21.0. The number of aliphatic carboxylic acids is 1. The Bertz CT molecular complexity index is 967. The first-order valence-corrected chi connectivity index (χ1v) is 9.27. The molecule has 12 heteroatoms. The van der Waals surface area contributed by atoms with Crippen molar-refractivity contribution >= 4 is 23.2 Å². The number of alkyl halides is 3. The van der Waals surface area contributed by atoms with Crippen LogP contribution in [0, 0.1) is 0 Å². The van der Waals surface area contributed by atoms with Crippen molar-refractivity contribution in [2.75, 3.05) is 6.54 Å². The van der Waals surface area contributed by atoms with Gasteiger partial charge in [0.15, 0.2) is 0 Å². The molecule has 4 rings (SSSR count). The number of carbonyl (C=O) groups is 2. The Labute approximate surface area is 166 Å². The van der Waals surface area contributed by atoms with Crippen molar-refractivity contribution in [2.45, 2.75) is 25.8 Å². The summed E-state index contributed by atoms with van der Waals surface area (Å²) < 4.78 is 35.7. The Kier molecular flexibility index (Phi) is 6.01. The fourth-order valence-electron chi connectivity index (χ4n) is 2.68. The van der Waals surface area contributed by atoms with Crippen molar-refractivity contribution in [3.05, 3.63) is 58.6 Å². The Morgan fingerprint density at radius 3 is 2.59 bits per heavy atom. The number of amides is 1. The van der Waals surface area contributed by atoms with Crippen LogP contribution in [0.3, 0.4) is 0 Å². The van der Waals surface area contributed by atoms with Gasteiger partial charge in [0, 0.05) is 31.7 Å². The lowest BCUT2D eigenvalue weighted by Crippen LogP contribution is -2.37. The lowest BCUT2D eigenvalue weighted by atomic mass is 10.3. The second-order valence-corrected chi connectivity index (χ2v) is 7.00. The zero-order valence-corrected chi connectivity index (χ0v) is 15.7. The molecule has 3 aromatic heterocycles. The van der Waals surface area contributed by atoms with Crippen LogP contribution in [0.2, 0.25) is 0 Å². The average Bonchev–Trinajstić information content (AvgIpc) is 3.42. The van der Waals surface area contributed by atoms with E-state index in [-0.39, 0.29) is 5.91 Å². The minimum absolute atomic E-state index is 0.0953. The van der Waals surface area contributed by atoms with Crippen molar-refractivity contribution in [3.8, 4) is 0 Å². The van der Waals surface area contributed by atoms with Crippen molar-refractivity contribution in [1.82, 2.24) is 24.2 Å². The first kappa shape index (κ1) is 20.6. The van der Waals surface area contributed by atoms with Crippen molar-refractivity contribution in [3.63, 3.8) is 0 Å². The quantitative estimate of drug-likeness (QED) is 0.693. The number of fused-ring (bicyclic) bond motifs is 1. The lowest BCUT2D eigenvalue weighted by Gasteiger charge is -2.27. The highest BCUT2D eigenvalue weighted by molar-refractivity contribution is 7.12. The first-order chi connectivity index (χ1) is 13.7. The Morgan fingerprint density at radius 2 is 2.00 bits per heavy atom. The summed E-state index contributed by atoms with van der Waals surface area (Å²) in [6.07, 6.45) is 0.659. The van der Waals surface area contributed by atoms with Crippen LogP contribution in [0.15, 0.2) is 42.2 Å². The van der Waals surface area contributed by atoms with Gasteiger partial charge in [0.1, 0.15) is 5.82 Å². The summed E-state index contributed by atoms with van der Waals surface area (Å²) in [6.45, 7) is 2.74. The lowest BCUT2D eigenvalue weighted by molar-refractivity contribution is -0.192. The van der Waals surface area contributed by atoms with E-state index < -0.39 is 12.1 Å². The van der Waals surface area contributed by atoms with Crippen molar-refractivity contribution in [2.24, 2.45) is 0 Å². The molecular weight excluding hydrogens is 411 g/mol. The largest absolute Gasteiger partial charge is 0.490 e. The molecule has 0 aromatic carbocycles. The van der Waals surface area contributed by atoms with Gasteiger partial charge in [0.05, 0.1) is 23.7 Å². The molecule has 0 spiro atoms. The van der Waals surface area contributed by atoms with E-state index in [1.807, 2.05) is 39.4 Å². The molecule has 154 valence electrons. The predicted octanol–water partition coefficient (Wildman–Crippen LogP) is 2.48. The molecule has 0 radical (unpaired) electrons. The maximum Gasteiger partial charge on any atom is 0.490 e. The summed E-state index contributed by atoms with van der Waals surface area (Å²) in [7, 11) is 0. The normalized spacial score (nSPS) is 13.4. The molecule has 1 amide bonds. The Balaban J connectivity index is 0.000000298. The summed E-state index contributed by atoms with van der Waals surface area (Å²) in [5.74, 6) is -1.72. The van der Waals surface area contributed by atoms with Crippen LogP contribution in [0.25, 0.3) is 0 Å². The fraction of sp³-hybridized carbons (Fsp3) is 0.294. The van der Waals surface area contributed by atoms with Crippen LogP contribution in [-0.2, 0) is 24.4 Å². The molecule has 0 saturated heterocycles. The molecule has 4 heterocycles. The molecule has 3 aromatic rings. The summed E-state index contributed by atoms with van der Waals surface area (Å²) >= 11 is 1.48. The van der Waals surface area contributed by atoms with E-state index in [9.17, 15) is 18.0 Å². The number of carboxylic acids is 1. The number of aromatic nitrogens is 4. The van der Waals surface area contributed by atoms with Gasteiger partial charge in [-0.3, -0.25) is 9.48 Å². The highest BCUT2D eigenvalue weighted by Crippen LogP contribution is 2.18. The molecule has 0 fully saturated rings. The van der Waals surface area contributed by atoms with Gasteiger partial charge >= 0.3 is 12.1 Å². The van der Waals surface area contributed by atoms with E-state index >= 15 is 0 Å². The first-order valence-electron chi connectivity index (χ1n) is 8.39. The number of hydrogen-bond acceptors (Lipinski definition) is 5. The maximum absolute atomic E-state index is 12.4. The van der Waals surface area contributed by atoms with Crippen LogP contribution >= 0.6 is 11.3 Å². The van der Waals surface area contributed by atoms with Crippen LogP contribution in [0.4, 0.5) is 13.2 Å². The van der Waals surface area contributed by atoms with Gasteiger partial charge < -0.3 is 14.6 Å². The van der Waals surface area contributed by atoms with Gasteiger partial charge in [-0.1, -0.05) is 6.07 Å². The third-order valence-corrected chi connectivity index (χ3v) is 4.85. The second kappa shape index (κ2) is 8.47. The minimum atomic E-state index is -5.08. The molecule has 0 unspecified atom stereocenters. The maximum atomic E-state index is 12.4. The number of imidazole rings is 1.